The van der Waals surface area contributed by atoms with Gasteiger partial charge in [0.05, 0.1) is 0 Å². The van der Waals surface area contributed by atoms with Gasteiger partial charge in [0.1, 0.15) is 5.70 Å². The Labute approximate surface area is 98.1 Å². The van der Waals surface area contributed by atoms with E-state index in [2.05, 4.69) is 10.9 Å². The molecule has 0 saturated carbocycles. The van der Waals surface area contributed by atoms with E-state index in [-0.39, 0.29) is 11.4 Å². The van der Waals surface area contributed by atoms with Crippen molar-refractivity contribution < 1.29 is 31.9 Å². The van der Waals surface area contributed by atoms with Gasteiger partial charge in [-0.1, -0.05) is 0 Å². The highest BCUT2D eigenvalue weighted by Gasteiger charge is 2.56. The van der Waals surface area contributed by atoms with Crippen molar-refractivity contribution in [2.45, 2.75) is 24.9 Å². The number of carboxylic acid groups (broad SMARTS) is 1. The van der Waals surface area contributed by atoms with Crippen LogP contribution in [0.25, 0.3) is 0 Å². The van der Waals surface area contributed by atoms with E-state index < -0.39 is 30.9 Å². The van der Waals surface area contributed by atoms with E-state index in [1.54, 1.807) is 0 Å². The lowest BCUT2D eigenvalue weighted by atomic mass is 10.1. The number of rotatable bonds is 4. The lowest BCUT2D eigenvalue weighted by Gasteiger charge is -2.22. The first-order valence-corrected chi connectivity index (χ1v) is 4.74. The number of hydrogen-bond donors (Lipinski definition) is 3. The van der Waals surface area contributed by atoms with Gasteiger partial charge in [-0.15, -0.1) is 0 Å². The van der Waals surface area contributed by atoms with E-state index in [1.807, 2.05) is 0 Å². The fourth-order valence-electron chi connectivity index (χ4n) is 1.12. The summed E-state index contributed by atoms with van der Waals surface area (Å²) in [5.41, 5.74) is 4.21. The van der Waals surface area contributed by atoms with Crippen LogP contribution in [-0.4, -0.2) is 23.2 Å². The molecule has 0 radical (unpaired) electrons. The minimum Gasteiger partial charge on any atom is -0.477 e. The third-order valence-electron chi connectivity index (χ3n) is 2.16. The number of allylic oxidation sites excluding steroid dienone is 3. The van der Waals surface area contributed by atoms with Crippen LogP contribution in [0.2, 0.25) is 0 Å². The van der Waals surface area contributed by atoms with Gasteiger partial charge in [0, 0.05) is 12.1 Å². The average Bonchev–Trinajstić information content (AvgIpc) is 2.25. The van der Waals surface area contributed by atoms with E-state index in [4.69, 9.17) is 5.11 Å². The Hall–Kier alpha value is -1.80. The molecule has 18 heavy (non-hydrogen) atoms. The summed E-state index contributed by atoms with van der Waals surface area (Å²) in [4.78, 5) is 10.4. The number of hydrogen-bond acceptors (Lipinski definition) is 3. The molecule has 1 heterocycles. The quantitative estimate of drug-likeness (QED) is 0.684. The van der Waals surface area contributed by atoms with Crippen LogP contribution in [0.3, 0.4) is 0 Å². The number of carbonyl (C=O) groups is 1. The van der Waals surface area contributed by atoms with Gasteiger partial charge in [0.25, 0.3) is 0 Å². The van der Waals surface area contributed by atoms with E-state index in [9.17, 15) is 26.7 Å². The molecule has 0 aromatic heterocycles. The maximum Gasteiger partial charge on any atom is 0.453 e. The summed E-state index contributed by atoms with van der Waals surface area (Å²) in [6.07, 6.45) is -5.36. The molecule has 0 unspecified atom stereocenters. The van der Waals surface area contributed by atoms with Crippen molar-refractivity contribution in [2.24, 2.45) is 0 Å². The second kappa shape index (κ2) is 4.83. The van der Waals surface area contributed by atoms with E-state index in [0.29, 0.717) is 0 Å². The molecule has 0 bridgehead atoms. The van der Waals surface area contributed by atoms with Crippen molar-refractivity contribution in [1.29, 1.82) is 0 Å². The van der Waals surface area contributed by atoms with Crippen molar-refractivity contribution in [3.8, 4) is 0 Å². The zero-order valence-electron chi connectivity index (χ0n) is 8.81. The van der Waals surface area contributed by atoms with Crippen molar-refractivity contribution in [1.82, 2.24) is 10.9 Å². The van der Waals surface area contributed by atoms with Gasteiger partial charge in [0.2, 0.25) is 0 Å². The highest BCUT2D eigenvalue weighted by molar-refractivity contribution is 5.86. The predicted octanol–water partition coefficient (Wildman–Crippen LogP) is 1.92. The molecule has 0 spiro atoms. The van der Waals surface area contributed by atoms with Gasteiger partial charge in [-0.05, 0) is 18.6 Å². The maximum absolute atomic E-state index is 12.6. The summed E-state index contributed by atoms with van der Waals surface area (Å²) in [6, 6.07) is 0. The van der Waals surface area contributed by atoms with Crippen LogP contribution in [-0.2, 0) is 4.79 Å². The largest absolute Gasteiger partial charge is 0.477 e. The number of carboxylic acids is 1. The second-order valence-corrected chi connectivity index (χ2v) is 3.53. The summed E-state index contributed by atoms with van der Waals surface area (Å²) in [7, 11) is 0. The molecule has 1 aliphatic rings. The van der Waals surface area contributed by atoms with Crippen molar-refractivity contribution in [2.75, 3.05) is 0 Å². The molecule has 0 aromatic carbocycles. The van der Waals surface area contributed by atoms with Crippen LogP contribution in [0.4, 0.5) is 22.0 Å². The fourth-order valence-corrected chi connectivity index (χ4v) is 1.12. The Balaban J connectivity index is 2.59. The molecule has 1 rings (SSSR count). The summed E-state index contributed by atoms with van der Waals surface area (Å²) in [6.45, 7) is 0. The molecule has 102 valence electrons. The number of aliphatic carboxylic acids is 1. The van der Waals surface area contributed by atoms with Gasteiger partial charge >= 0.3 is 18.1 Å². The first-order chi connectivity index (χ1) is 8.13. The molecule has 0 aliphatic carbocycles. The molecular weight excluding hydrogens is 263 g/mol. The topological polar surface area (TPSA) is 61.4 Å². The molecule has 9 heteroatoms. The Morgan fingerprint density at radius 2 is 1.78 bits per heavy atom. The Kier molecular flexibility index (Phi) is 3.82. The van der Waals surface area contributed by atoms with Crippen LogP contribution in [0, 0.1) is 0 Å². The molecular formula is C9H9F5N2O2. The SMILES string of the molecule is O=C(O)C1=CC=C(CCC(F)(F)C(F)(F)F)NN1. The van der Waals surface area contributed by atoms with E-state index in [0.717, 1.165) is 12.2 Å². The number of halogens is 5. The Morgan fingerprint density at radius 3 is 2.17 bits per heavy atom. The Morgan fingerprint density at radius 1 is 1.17 bits per heavy atom. The molecule has 3 N–H and O–H groups in total. The van der Waals surface area contributed by atoms with Crippen LogP contribution in [0.1, 0.15) is 12.8 Å². The monoisotopic (exact) mass is 272 g/mol. The number of alkyl halides is 5. The molecule has 0 saturated heterocycles. The third kappa shape index (κ3) is 3.34. The average molecular weight is 272 g/mol. The molecule has 0 fully saturated rings. The van der Waals surface area contributed by atoms with Crippen LogP contribution in [0.15, 0.2) is 23.5 Å². The standard InChI is InChI=1S/C9H9F5N2O2/c10-8(11,9(12,13)14)4-3-5-1-2-6(7(17)18)16-15-5/h1-2,15-16H,3-4H2,(H,17,18). The van der Waals surface area contributed by atoms with Crippen molar-refractivity contribution in [3.63, 3.8) is 0 Å². The molecule has 4 nitrogen and oxygen atoms in total. The highest BCUT2D eigenvalue weighted by atomic mass is 19.4. The minimum absolute atomic E-state index is 0.0453. The lowest BCUT2D eigenvalue weighted by Crippen LogP contribution is -2.39. The molecule has 1 aliphatic heterocycles. The normalized spacial score (nSPS) is 16.3. The van der Waals surface area contributed by atoms with Gasteiger partial charge in [0.15, 0.2) is 0 Å². The molecule has 0 amide bonds. The number of hydrazine groups is 1. The van der Waals surface area contributed by atoms with Gasteiger partial charge in [-0.25, -0.2) is 4.79 Å². The van der Waals surface area contributed by atoms with E-state index >= 15 is 0 Å². The number of nitrogens with one attached hydrogen (secondary N) is 2. The smallest absolute Gasteiger partial charge is 0.453 e. The zero-order chi connectivity index (χ0) is 14.0. The van der Waals surface area contributed by atoms with Gasteiger partial charge in [-0.3, -0.25) is 5.43 Å². The summed E-state index contributed by atoms with van der Waals surface area (Å²) in [5, 5.41) is 8.52. The second-order valence-electron chi connectivity index (χ2n) is 3.53. The minimum atomic E-state index is -5.59. The summed E-state index contributed by atoms with van der Waals surface area (Å²) >= 11 is 0. The van der Waals surface area contributed by atoms with Crippen LogP contribution in [0.5, 0.6) is 0 Å². The lowest BCUT2D eigenvalue weighted by molar-refractivity contribution is -0.284. The predicted molar refractivity (Wildman–Crippen MR) is 50.3 cm³/mol. The van der Waals surface area contributed by atoms with Gasteiger partial charge < -0.3 is 10.5 Å². The summed E-state index contributed by atoms with van der Waals surface area (Å²) < 4.78 is 60.7. The highest BCUT2D eigenvalue weighted by Crippen LogP contribution is 2.39. The fraction of sp³-hybridized carbons (Fsp3) is 0.444. The van der Waals surface area contributed by atoms with Crippen LogP contribution < -0.4 is 10.9 Å². The molecule has 0 aromatic rings. The maximum atomic E-state index is 12.6. The van der Waals surface area contributed by atoms with Gasteiger partial charge in [-0.2, -0.15) is 22.0 Å². The first kappa shape index (κ1) is 14.3. The molecule has 0 atom stereocenters. The van der Waals surface area contributed by atoms with Crippen LogP contribution >= 0.6 is 0 Å². The third-order valence-corrected chi connectivity index (χ3v) is 2.16. The van der Waals surface area contributed by atoms with Crippen molar-refractivity contribution in [3.05, 3.63) is 23.5 Å². The summed E-state index contributed by atoms with van der Waals surface area (Å²) in [5.74, 6) is -6.05. The van der Waals surface area contributed by atoms with E-state index in [1.165, 1.54) is 0 Å². The first-order valence-electron chi connectivity index (χ1n) is 4.74. The Bertz CT molecular complexity index is 400. The zero-order valence-corrected chi connectivity index (χ0v) is 8.81. The van der Waals surface area contributed by atoms with Crippen molar-refractivity contribution >= 4 is 5.97 Å².